The van der Waals surface area contributed by atoms with E-state index in [-0.39, 0.29) is 18.9 Å². The molecule has 122 valence electrons. The lowest BCUT2D eigenvalue weighted by Crippen LogP contribution is -2.14. The summed E-state index contributed by atoms with van der Waals surface area (Å²) in [7, 11) is 0. The van der Waals surface area contributed by atoms with Crippen LogP contribution in [0.2, 0.25) is 0 Å². The van der Waals surface area contributed by atoms with Crippen LogP contribution in [0, 0.1) is 13.8 Å². The number of Topliss-reactive ketones (excluding diaryl/α,β-unsaturated/α-hetero) is 1. The van der Waals surface area contributed by atoms with Gasteiger partial charge in [0.25, 0.3) is 0 Å². The number of carbonyl (C=O) groups is 1. The number of aromatic nitrogens is 1. The highest BCUT2D eigenvalue weighted by molar-refractivity contribution is 5.90. The predicted molar refractivity (Wildman–Crippen MR) is 97.2 cm³/mol. The summed E-state index contributed by atoms with van der Waals surface area (Å²) in [4.78, 5) is 19.3. The van der Waals surface area contributed by atoms with Crippen LogP contribution in [0.25, 0.3) is 10.9 Å². The van der Waals surface area contributed by atoms with Gasteiger partial charge in [-0.2, -0.15) is 0 Å². The van der Waals surface area contributed by atoms with Gasteiger partial charge < -0.3 is 9.72 Å². The molecule has 0 bridgehead atoms. The predicted octanol–water partition coefficient (Wildman–Crippen LogP) is 3.85. The molecule has 0 fully saturated rings. The molecule has 4 heteroatoms. The zero-order valence-corrected chi connectivity index (χ0v) is 13.9. The van der Waals surface area contributed by atoms with Gasteiger partial charge in [-0.15, -0.1) is 0 Å². The summed E-state index contributed by atoms with van der Waals surface area (Å²) in [5.74, 6) is 0.706. The van der Waals surface area contributed by atoms with Crippen molar-refractivity contribution < 1.29 is 9.53 Å². The second-order valence-corrected chi connectivity index (χ2v) is 5.82. The first-order chi connectivity index (χ1) is 11.6. The molecule has 3 rings (SSSR count). The van der Waals surface area contributed by atoms with Crippen molar-refractivity contribution in [3.8, 4) is 5.75 Å². The molecule has 0 spiro atoms. The number of rotatable bonds is 6. The zero-order valence-electron chi connectivity index (χ0n) is 13.9. The molecule has 0 saturated carbocycles. The molecule has 0 aliphatic carbocycles. The van der Waals surface area contributed by atoms with Crippen molar-refractivity contribution in [2.75, 3.05) is 13.2 Å². The van der Waals surface area contributed by atoms with E-state index in [1.807, 2.05) is 62.5 Å². The Kier molecular flexibility index (Phi) is 4.75. The third-order valence-electron chi connectivity index (χ3n) is 4.03. The Morgan fingerprint density at radius 1 is 1.21 bits per heavy atom. The molecular formula is C20H20N2O2. The van der Waals surface area contributed by atoms with Crippen LogP contribution in [0.3, 0.4) is 0 Å². The second-order valence-electron chi connectivity index (χ2n) is 5.82. The molecule has 3 aromatic rings. The average molecular weight is 320 g/mol. The van der Waals surface area contributed by atoms with Crippen LogP contribution in [0.1, 0.15) is 16.7 Å². The number of hydrogen-bond donors (Lipinski definition) is 1. The van der Waals surface area contributed by atoms with E-state index >= 15 is 0 Å². The Hall–Kier alpha value is -2.88. The first-order valence-electron chi connectivity index (χ1n) is 7.91. The number of hydrogen-bond acceptors (Lipinski definition) is 3. The van der Waals surface area contributed by atoms with E-state index in [1.165, 1.54) is 0 Å². The van der Waals surface area contributed by atoms with Crippen molar-refractivity contribution in [2.45, 2.75) is 13.8 Å². The minimum Gasteiger partial charge on any atom is -0.485 e. The maximum atomic E-state index is 11.9. The molecule has 4 nitrogen and oxygen atoms in total. The number of aryl methyl sites for hydroxylation is 1. The summed E-state index contributed by atoms with van der Waals surface area (Å²) in [5, 5.41) is 1.16. The number of fused-ring (bicyclic) bond motifs is 1. The van der Waals surface area contributed by atoms with Crippen molar-refractivity contribution in [2.24, 2.45) is 4.99 Å². The van der Waals surface area contributed by atoms with Gasteiger partial charge in [0.2, 0.25) is 0 Å². The molecule has 0 amide bonds. The normalized spacial score (nSPS) is 11.2. The highest BCUT2D eigenvalue weighted by Gasteiger charge is 2.05. The van der Waals surface area contributed by atoms with Gasteiger partial charge in [0.15, 0.2) is 5.78 Å². The van der Waals surface area contributed by atoms with Gasteiger partial charge in [0.05, 0.1) is 0 Å². The largest absolute Gasteiger partial charge is 0.485 e. The molecule has 0 saturated heterocycles. The molecular weight excluding hydrogens is 300 g/mol. The van der Waals surface area contributed by atoms with E-state index in [0.29, 0.717) is 0 Å². The van der Waals surface area contributed by atoms with E-state index in [1.54, 1.807) is 6.21 Å². The van der Waals surface area contributed by atoms with Crippen LogP contribution in [0.15, 0.2) is 53.7 Å². The van der Waals surface area contributed by atoms with Gasteiger partial charge >= 0.3 is 0 Å². The fourth-order valence-corrected chi connectivity index (χ4v) is 2.48. The monoisotopic (exact) mass is 320 g/mol. The van der Waals surface area contributed by atoms with Crippen molar-refractivity contribution in [1.29, 1.82) is 0 Å². The fourth-order valence-electron chi connectivity index (χ4n) is 2.48. The minimum atomic E-state index is -0.0480. The maximum Gasteiger partial charge on any atom is 0.191 e. The summed E-state index contributed by atoms with van der Waals surface area (Å²) >= 11 is 0. The maximum absolute atomic E-state index is 11.9. The Morgan fingerprint density at radius 2 is 2.08 bits per heavy atom. The lowest BCUT2D eigenvalue weighted by molar-refractivity contribution is -0.119. The molecule has 2 aromatic carbocycles. The standard InChI is InChI=1S/C20H20N2O2/c1-14-4-3-5-20(15(14)2)24-13-18(23)12-21-11-16-6-7-17-8-9-22-19(17)10-16/h3-11,22H,12-13H2,1-2H3. The first kappa shape index (κ1) is 16.0. The molecule has 1 heterocycles. The number of ketones is 1. The summed E-state index contributed by atoms with van der Waals surface area (Å²) in [6.07, 6.45) is 3.62. The van der Waals surface area contributed by atoms with Crippen molar-refractivity contribution in [3.05, 3.63) is 65.4 Å². The number of carbonyl (C=O) groups excluding carboxylic acids is 1. The van der Waals surface area contributed by atoms with Crippen LogP contribution in [0.5, 0.6) is 5.75 Å². The smallest absolute Gasteiger partial charge is 0.191 e. The number of benzene rings is 2. The summed E-state index contributed by atoms with van der Waals surface area (Å²) in [5.41, 5.74) is 4.24. The third kappa shape index (κ3) is 3.71. The van der Waals surface area contributed by atoms with Gasteiger partial charge in [0.1, 0.15) is 18.9 Å². The van der Waals surface area contributed by atoms with E-state index < -0.39 is 0 Å². The molecule has 0 atom stereocenters. The van der Waals surface area contributed by atoms with Gasteiger partial charge in [-0.3, -0.25) is 9.79 Å². The Bertz CT molecular complexity index is 894. The highest BCUT2D eigenvalue weighted by atomic mass is 16.5. The quantitative estimate of drug-likeness (QED) is 0.701. The van der Waals surface area contributed by atoms with E-state index in [2.05, 4.69) is 9.98 Å². The number of H-pyrrole nitrogens is 1. The van der Waals surface area contributed by atoms with Gasteiger partial charge in [-0.05, 0) is 54.1 Å². The number of nitrogens with zero attached hydrogens (tertiary/aromatic N) is 1. The van der Waals surface area contributed by atoms with Gasteiger partial charge in [-0.1, -0.05) is 24.3 Å². The Balaban J connectivity index is 1.54. The highest BCUT2D eigenvalue weighted by Crippen LogP contribution is 2.20. The number of ether oxygens (including phenoxy) is 1. The van der Waals surface area contributed by atoms with E-state index in [9.17, 15) is 4.79 Å². The molecule has 0 unspecified atom stereocenters. The summed E-state index contributed by atoms with van der Waals surface area (Å²) in [6.45, 7) is 4.17. The summed E-state index contributed by atoms with van der Waals surface area (Å²) in [6, 6.07) is 13.9. The minimum absolute atomic E-state index is 0.0390. The lowest BCUT2D eigenvalue weighted by Gasteiger charge is -2.09. The molecule has 1 aromatic heterocycles. The van der Waals surface area contributed by atoms with E-state index in [0.717, 1.165) is 33.3 Å². The Labute approximate surface area is 141 Å². The molecule has 24 heavy (non-hydrogen) atoms. The fraction of sp³-hybridized carbons (Fsp3) is 0.200. The molecule has 0 aliphatic rings. The average Bonchev–Trinajstić information content (AvgIpc) is 3.04. The van der Waals surface area contributed by atoms with Crippen molar-refractivity contribution >= 4 is 22.9 Å². The zero-order chi connectivity index (χ0) is 16.9. The molecule has 0 aliphatic heterocycles. The van der Waals surface area contributed by atoms with Crippen molar-refractivity contribution in [3.63, 3.8) is 0 Å². The van der Waals surface area contributed by atoms with Crippen LogP contribution in [-0.2, 0) is 4.79 Å². The number of nitrogens with one attached hydrogen (secondary N) is 1. The van der Waals surface area contributed by atoms with Crippen LogP contribution < -0.4 is 4.74 Å². The van der Waals surface area contributed by atoms with Crippen LogP contribution in [0.4, 0.5) is 0 Å². The van der Waals surface area contributed by atoms with Gasteiger partial charge in [-0.25, -0.2) is 0 Å². The van der Waals surface area contributed by atoms with Crippen LogP contribution in [-0.4, -0.2) is 30.1 Å². The first-order valence-corrected chi connectivity index (χ1v) is 7.91. The summed E-state index contributed by atoms with van der Waals surface area (Å²) < 4.78 is 5.60. The van der Waals surface area contributed by atoms with Crippen molar-refractivity contribution in [1.82, 2.24) is 4.98 Å². The Morgan fingerprint density at radius 3 is 2.96 bits per heavy atom. The van der Waals surface area contributed by atoms with E-state index in [4.69, 9.17) is 4.74 Å². The number of aromatic amines is 1. The number of aliphatic imine (C=N–C) groups is 1. The SMILES string of the molecule is Cc1cccc(OCC(=O)CN=Cc2ccc3cc[nH]c3c2)c1C. The second kappa shape index (κ2) is 7.13. The molecule has 1 N–H and O–H groups in total. The third-order valence-corrected chi connectivity index (χ3v) is 4.03. The van der Waals surface area contributed by atoms with Gasteiger partial charge in [0, 0.05) is 17.9 Å². The molecule has 0 radical (unpaired) electrons. The van der Waals surface area contributed by atoms with Crippen LogP contribution >= 0.6 is 0 Å². The lowest BCUT2D eigenvalue weighted by atomic mass is 10.1. The topological polar surface area (TPSA) is 54.4 Å².